The predicted octanol–water partition coefficient (Wildman–Crippen LogP) is 1.88. The molecule has 3 nitrogen and oxygen atoms in total. The summed E-state index contributed by atoms with van der Waals surface area (Å²) >= 11 is 0. The van der Waals surface area contributed by atoms with Gasteiger partial charge in [-0.1, -0.05) is 6.42 Å². The fourth-order valence-corrected chi connectivity index (χ4v) is 2.68. The van der Waals surface area contributed by atoms with Crippen molar-refractivity contribution >= 4 is 0 Å². The number of ether oxygens (including phenoxy) is 1. The van der Waals surface area contributed by atoms with Crippen LogP contribution in [0.4, 0.5) is 0 Å². The van der Waals surface area contributed by atoms with Crippen molar-refractivity contribution in [1.82, 2.24) is 10.2 Å². The van der Waals surface area contributed by atoms with E-state index in [1.165, 1.54) is 38.6 Å². The summed E-state index contributed by atoms with van der Waals surface area (Å²) in [5.74, 6) is 0.887. The largest absolute Gasteiger partial charge is 0.380 e. The van der Waals surface area contributed by atoms with E-state index >= 15 is 0 Å². The van der Waals surface area contributed by atoms with Gasteiger partial charge in [0.05, 0.1) is 6.61 Å². The molecule has 0 bridgehead atoms. The third kappa shape index (κ3) is 4.94. The van der Waals surface area contributed by atoms with Crippen LogP contribution >= 0.6 is 0 Å². The van der Waals surface area contributed by atoms with Gasteiger partial charge in [-0.15, -0.1) is 0 Å². The maximum Gasteiger partial charge on any atom is 0.0593 e. The summed E-state index contributed by atoms with van der Waals surface area (Å²) in [6.45, 7) is 7.62. The maximum atomic E-state index is 5.69. The van der Waals surface area contributed by atoms with Crippen LogP contribution in [-0.2, 0) is 4.74 Å². The summed E-state index contributed by atoms with van der Waals surface area (Å²) in [7, 11) is 2.21. The van der Waals surface area contributed by atoms with Gasteiger partial charge in [-0.05, 0) is 52.1 Å². The minimum Gasteiger partial charge on any atom is -0.380 e. The third-order valence-corrected chi connectivity index (χ3v) is 3.99. The molecule has 1 aliphatic heterocycles. The second kappa shape index (κ2) is 6.17. The van der Waals surface area contributed by atoms with Gasteiger partial charge < -0.3 is 15.0 Å². The maximum absolute atomic E-state index is 5.69. The number of piperidine rings is 1. The molecule has 100 valence electrons. The van der Waals surface area contributed by atoms with Crippen molar-refractivity contribution in [3.05, 3.63) is 0 Å². The van der Waals surface area contributed by atoms with Gasteiger partial charge in [-0.25, -0.2) is 0 Å². The lowest BCUT2D eigenvalue weighted by atomic mass is 9.90. The van der Waals surface area contributed by atoms with Gasteiger partial charge in [0.15, 0.2) is 0 Å². The summed E-state index contributed by atoms with van der Waals surface area (Å²) in [5.41, 5.74) is 0.323. The highest BCUT2D eigenvalue weighted by molar-refractivity contribution is 4.88. The molecule has 1 N–H and O–H groups in total. The van der Waals surface area contributed by atoms with Gasteiger partial charge in [0.2, 0.25) is 0 Å². The van der Waals surface area contributed by atoms with E-state index in [1.54, 1.807) is 0 Å². The van der Waals surface area contributed by atoms with E-state index < -0.39 is 0 Å². The first kappa shape index (κ1) is 13.3. The fraction of sp³-hybridized carbons (Fsp3) is 1.00. The number of rotatable bonds is 7. The molecule has 3 heteroatoms. The highest BCUT2D eigenvalue weighted by atomic mass is 16.5. The molecule has 17 heavy (non-hydrogen) atoms. The molecule has 1 atom stereocenters. The quantitative estimate of drug-likeness (QED) is 0.688. The van der Waals surface area contributed by atoms with Gasteiger partial charge >= 0.3 is 0 Å². The topological polar surface area (TPSA) is 24.5 Å². The first-order chi connectivity index (χ1) is 8.18. The molecule has 0 aromatic rings. The zero-order valence-corrected chi connectivity index (χ0v) is 11.5. The average Bonchev–Trinajstić information content (AvgIpc) is 3.08. The molecule has 1 unspecified atom stereocenters. The van der Waals surface area contributed by atoms with Crippen LogP contribution in [0.25, 0.3) is 0 Å². The first-order valence-corrected chi connectivity index (χ1v) is 7.19. The Morgan fingerprint density at radius 2 is 2.18 bits per heavy atom. The van der Waals surface area contributed by atoms with E-state index in [0.29, 0.717) is 5.54 Å². The average molecular weight is 240 g/mol. The monoisotopic (exact) mass is 240 g/mol. The minimum absolute atomic E-state index is 0.323. The van der Waals surface area contributed by atoms with Gasteiger partial charge in [0, 0.05) is 25.2 Å². The van der Waals surface area contributed by atoms with Crippen LogP contribution < -0.4 is 5.32 Å². The van der Waals surface area contributed by atoms with Crippen molar-refractivity contribution in [3.63, 3.8) is 0 Å². The fourth-order valence-electron chi connectivity index (χ4n) is 2.68. The van der Waals surface area contributed by atoms with Crippen molar-refractivity contribution < 1.29 is 4.74 Å². The van der Waals surface area contributed by atoms with E-state index in [9.17, 15) is 0 Å². The molecule has 1 saturated heterocycles. The van der Waals surface area contributed by atoms with Gasteiger partial charge in [0.1, 0.15) is 0 Å². The lowest BCUT2D eigenvalue weighted by Gasteiger charge is -2.38. The Hall–Kier alpha value is -0.120. The predicted molar refractivity (Wildman–Crippen MR) is 71.3 cm³/mol. The Labute approximate surface area is 106 Å². The molecule has 1 heterocycles. The summed E-state index contributed by atoms with van der Waals surface area (Å²) in [5, 5.41) is 3.66. The van der Waals surface area contributed by atoms with Gasteiger partial charge in [0.25, 0.3) is 0 Å². The molecule has 2 rings (SSSR count). The highest BCUT2D eigenvalue weighted by Gasteiger charge is 2.27. The number of nitrogens with zero attached hydrogens (tertiary/aromatic N) is 1. The Bertz CT molecular complexity index is 222. The van der Waals surface area contributed by atoms with E-state index in [2.05, 4.69) is 24.2 Å². The van der Waals surface area contributed by atoms with Crippen LogP contribution in [0.5, 0.6) is 0 Å². The highest BCUT2D eigenvalue weighted by Crippen LogP contribution is 2.28. The van der Waals surface area contributed by atoms with Crippen molar-refractivity contribution in [2.24, 2.45) is 5.92 Å². The summed E-state index contributed by atoms with van der Waals surface area (Å²) in [6.07, 6.45) is 6.79. The Kier molecular flexibility index (Phi) is 4.83. The Balaban J connectivity index is 1.56. The molecule has 0 spiro atoms. The summed E-state index contributed by atoms with van der Waals surface area (Å²) in [6, 6.07) is 0. The third-order valence-electron chi connectivity index (χ3n) is 3.99. The molecule has 0 amide bonds. The van der Waals surface area contributed by atoms with E-state index in [1.807, 2.05) is 0 Å². The molecule has 1 aliphatic carbocycles. The van der Waals surface area contributed by atoms with Gasteiger partial charge in [-0.3, -0.25) is 0 Å². The van der Waals surface area contributed by atoms with Crippen LogP contribution in [0, 0.1) is 5.92 Å². The molecule has 2 aliphatic rings. The number of likely N-dealkylation sites (N-methyl/N-ethyl adjacent to an activating group) is 1. The van der Waals surface area contributed by atoms with Crippen molar-refractivity contribution in [2.45, 2.75) is 44.6 Å². The Morgan fingerprint density at radius 3 is 2.82 bits per heavy atom. The number of nitrogens with one attached hydrogen (secondary N) is 1. The van der Waals surface area contributed by atoms with E-state index in [-0.39, 0.29) is 0 Å². The first-order valence-electron chi connectivity index (χ1n) is 7.19. The van der Waals surface area contributed by atoms with Crippen LogP contribution in [0.2, 0.25) is 0 Å². The van der Waals surface area contributed by atoms with Crippen molar-refractivity contribution in [1.29, 1.82) is 0 Å². The van der Waals surface area contributed by atoms with Crippen LogP contribution in [0.15, 0.2) is 0 Å². The van der Waals surface area contributed by atoms with Crippen molar-refractivity contribution in [3.8, 4) is 0 Å². The molecule has 2 fully saturated rings. The van der Waals surface area contributed by atoms with E-state index in [4.69, 9.17) is 4.74 Å². The molecule has 1 saturated carbocycles. The standard InChI is InChI=1S/C14H28N2O/c1-14(7-3-4-8-15-14)12-16(2)9-10-17-11-13-5-6-13/h13,15H,3-12H2,1-2H3. The zero-order chi connectivity index (χ0) is 12.1. The normalized spacial score (nSPS) is 29.8. The lowest BCUT2D eigenvalue weighted by Crippen LogP contribution is -2.53. The minimum atomic E-state index is 0.323. The van der Waals surface area contributed by atoms with E-state index in [0.717, 1.165) is 32.2 Å². The smallest absolute Gasteiger partial charge is 0.0593 e. The van der Waals surface area contributed by atoms with Crippen molar-refractivity contribution in [2.75, 3.05) is 39.9 Å². The van der Waals surface area contributed by atoms with Crippen LogP contribution in [-0.4, -0.2) is 50.3 Å². The number of hydrogen-bond donors (Lipinski definition) is 1. The molecular formula is C14H28N2O. The molecular weight excluding hydrogens is 212 g/mol. The number of hydrogen-bond acceptors (Lipinski definition) is 3. The molecule has 0 aromatic heterocycles. The molecule has 0 radical (unpaired) electrons. The lowest BCUT2D eigenvalue weighted by molar-refractivity contribution is 0.0914. The van der Waals surface area contributed by atoms with Gasteiger partial charge in [-0.2, -0.15) is 0 Å². The summed E-state index contributed by atoms with van der Waals surface area (Å²) in [4.78, 5) is 2.41. The molecule has 0 aromatic carbocycles. The Morgan fingerprint density at radius 1 is 1.35 bits per heavy atom. The second-order valence-corrected chi connectivity index (χ2v) is 6.20. The SMILES string of the molecule is CN(CCOCC1CC1)CC1(C)CCCCN1. The summed E-state index contributed by atoms with van der Waals surface area (Å²) < 4.78 is 5.69. The zero-order valence-electron chi connectivity index (χ0n) is 11.5. The second-order valence-electron chi connectivity index (χ2n) is 6.20. The van der Waals surface area contributed by atoms with Crippen LogP contribution in [0.1, 0.15) is 39.0 Å². The van der Waals surface area contributed by atoms with Crippen LogP contribution in [0.3, 0.4) is 0 Å².